The molecule has 13 rings (SSSR count). The summed E-state index contributed by atoms with van der Waals surface area (Å²) in [4.78, 5) is 5.24. The van der Waals surface area contributed by atoms with Crippen LogP contribution in [0.15, 0.2) is 213 Å². The normalized spacial score (nSPS) is 14.9. The first kappa shape index (κ1) is 39.4. The Kier molecular flexibility index (Phi) is 8.90. The Labute approximate surface area is 394 Å². The van der Waals surface area contributed by atoms with Crippen LogP contribution in [-0.2, 0) is 44.5 Å². The van der Waals surface area contributed by atoms with Crippen molar-refractivity contribution >= 4 is 0 Å². The Balaban J connectivity index is 0.00000444. The van der Waals surface area contributed by atoms with E-state index in [0.29, 0.717) is 0 Å². The molecule has 3 aliphatic rings. The monoisotopic (exact) mass is 1010 g/mol. The summed E-state index contributed by atoms with van der Waals surface area (Å²) >= 11 is 0. The Hall–Kier alpha value is -7.19. The number of nitrogens with zero attached hydrogens (tertiary/aromatic N) is 3. The molecular weight excluding hydrogens is 970 g/mol. The summed E-state index contributed by atoms with van der Waals surface area (Å²) in [5.41, 5.74) is 18.8. The Bertz CT molecular complexity index is 3390. The average Bonchev–Trinajstić information content (AvgIpc) is 4.09. The molecule has 0 saturated heterocycles. The van der Waals surface area contributed by atoms with E-state index in [1.165, 1.54) is 72.3 Å². The molecule has 4 heteroatoms. The maximum absolute atomic E-state index is 5.24. The number of aryl methyl sites for hydroxylation is 2. The van der Waals surface area contributed by atoms with Crippen LogP contribution in [0.4, 0.5) is 0 Å². The molecule has 0 unspecified atom stereocenters. The zero-order valence-corrected chi connectivity index (χ0v) is 38.1. The molecule has 0 radical (unpaired) electrons. The van der Waals surface area contributed by atoms with Crippen molar-refractivity contribution in [2.24, 2.45) is 7.05 Å². The summed E-state index contributed by atoms with van der Waals surface area (Å²) in [6.45, 7) is 2.16. The van der Waals surface area contributed by atoms with E-state index in [1.807, 2.05) is 17.8 Å². The van der Waals surface area contributed by atoms with Gasteiger partial charge in [0.05, 0.1) is 18.2 Å². The molecule has 0 N–H and O–H groups in total. The summed E-state index contributed by atoms with van der Waals surface area (Å²) in [7, 11) is 2.04. The van der Waals surface area contributed by atoms with Crippen LogP contribution in [0.3, 0.4) is 0 Å². The van der Waals surface area contributed by atoms with Gasteiger partial charge < -0.3 is 9.13 Å². The quantitative estimate of drug-likeness (QED) is 0.120. The van der Waals surface area contributed by atoms with Gasteiger partial charge in [-0.05, 0) is 92.6 Å². The number of hydrogen-bond donors (Lipinski definition) is 0. The molecule has 0 fully saturated rings. The standard InChI is InChI=1S/C61H41N3.Pt/c1-41-33-34-62-58(37-41)60(54-29-11-5-23-48(54)49-24-6-12-30-55(49)60)44-19-15-17-42(38-44)59(52-27-9-3-21-46(52)47-22-4-10-28-53(47)59)43-18-16-20-45(39-43)61(64-36-35-63(2)40-64)56-31-13-7-25-50(56)51-26-8-14-32-57(51)61;/h3-37H,1-2H3;/q-2;. The van der Waals surface area contributed by atoms with Crippen LogP contribution < -0.4 is 4.57 Å². The van der Waals surface area contributed by atoms with Crippen molar-refractivity contribution in [2.45, 2.75) is 23.3 Å². The zero-order chi connectivity index (χ0) is 42.6. The fourth-order valence-corrected chi connectivity index (χ4v) is 11.9. The molecule has 65 heavy (non-hydrogen) atoms. The Morgan fingerprint density at radius 2 is 0.831 bits per heavy atom. The minimum Gasteiger partial charge on any atom is -0.354 e. The van der Waals surface area contributed by atoms with Gasteiger partial charge in [-0.2, -0.15) is 48.5 Å². The zero-order valence-electron chi connectivity index (χ0n) is 35.9. The molecule has 3 nitrogen and oxygen atoms in total. The number of imidazole rings is 1. The molecular formula is C61H41N3Pt-2. The molecule has 0 saturated carbocycles. The second-order valence-electron chi connectivity index (χ2n) is 17.5. The van der Waals surface area contributed by atoms with E-state index in [-0.39, 0.29) is 21.1 Å². The van der Waals surface area contributed by atoms with E-state index in [4.69, 9.17) is 4.98 Å². The van der Waals surface area contributed by atoms with Crippen LogP contribution >= 0.6 is 0 Å². The van der Waals surface area contributed by atoms with Gasteiger partial charge in [0.25, 0.3) is 0 Å². The third-order valence-corrected chi connectivity index (χ3v) is 14.4. The summed E-state index contributed by atoms with van der Waals surface area (Å²) < 4.78 is 4.27. The van der Waals surface area contributed by atoms with Crippen molar-refractivity contribution in [1.29, 1.82) is 0 Å². The van der Waals surface area contributed by atoms with Gasteiger partial charge in [0.1, 0.15) is 5.54 Å². The third kappa shape index (κ3) is 5.16. The second kappa shape index (κ2) is 14.7. The largest absolute Gasteiger partial charge is 0.354 e. The maximum Gasteiger partial charge on any atom is 0.204 e. The van der Waals surface area contributed by atoms with Crippen LogP contribution in [0.5, 0.6) is 0 Å². The molecule has 0 spiro atoms. The minimum atomic E-state index is -0.790. The smallest absolute Gasteiger partial charge is 0.204 e. The summed E-state index contributed by atoms with van der Waals surface area (Å²) in [6.07, 6.45) is 9.88. The first-order valence-electron chi connectivity index (χ1n) is 22.1. The topological polar surface area (TPSA) is 21.7 Å². The van der Waals surface area contributed by atoms with Crippen molar-refractivity contribution in [2.75, 3.05) is 0 Å². The molecule has 2 heterocycles. The van der Waals surface area contributed by atoms with Gasteiger partial charge in [0.2, 0.25) is 6.33 Å². The SMILES string of the molecule is Cc1ccnc(C2(c3[c-]c(C4(c5[c-]c(C6(n7[c-][n+](C)cc7)c7ccccc7-c7ccccc76)ccc5)c5ccccc5-c5ccccc54)ccc3)c3ccccc3-c3ccccc32)c1.[Pt]. The van der Waals surface area contributed by atoms with Crippen molar-refractivity contribution in [1.82, 2.24) is 9.55 Å². The maximum atomic E-state index is 5.24. The van der Waals surface area contributed by atoms with E-state index in [9.17, 15) is 0 Å². The molecule has 0 amide bonds. The van der Waals surface area contributed by atoms with Gasteiger partial charge >= 0.3 is 0 Å². The average molecular weight is 1010 g/mol. The number of aromatic nitrogens is 3. The van der Waals surface area contributed by atoms with E-state index < -0.39 is 16.4 Å². The van der Waals surface area contributed by atoms with Crippen LogP contribution in [0, 0.1) is 25.4 Å². The molecule has 8 aromatic carbocycles. The molecule has 10 aromatic rings. The van der Waals surface area contributed by atoms with E-state index in [2.05, 4.69) is 236 Å². The van der Waals surface area contributed by atoms with Gasteiger partial charge in [-0.25, -0.2) is 0 Å². The van der Waals surface area contributed by atoms with Crippen molar-refractivity contribution in [3.8, 4) is 33.4 Å². The summed E-state index contributed by atoms with van der Waals surface area (Å²) in [5.74, 6) is 0. The van der Waals surface area contributed by atoms with Crippen LogP contribution in [0.25, 0.3) is 33.4 Å². The molecule has 0 atom stereocenters. The molecule has 2 aromatic heterocycles. The second-order valence-corrected chi connectivity index (χ2v) is 17.5. The molecule has 312 valence electrons. The summed E-state index contributed by atoms with van der Waals surface area (Å²) in [6, 6.07) is 79.9. The van der Waals surface area contributed by atoms with E-state index >= 15 is 0 Å². The van der Waals surface area contributed by atoms with Gasteiger partial charge in [-0.1, -0.05) is 146 Å². The van der Waals surface area contributed by atoms with Gasteiger partial charge in [-0.3, -0.25) is 4.98 Å². The predicted molar refractivity (Wildman–Crippen MR) is 253 cm³/mol. The number of hydrogen-bond acceptors (Lipinski definition) is 1. The van der Waals surface area contributed by atoms with Gasteiger partial charge in [-0.15, -0.1) is 22.3 Å². The van der Waals surface area contributed by atoms with Gasteiger partial charge in [0, 0.05) is 43.8 Å². The van der Waals surface area contributed by atoms with Crippen LogP contribution in [-0.4, -0.2) is 9.55 Å². The van der Waals surface area contributed by atoms with Gasteiger partial charge in [0.15, 0.2) is 0 Å². The fraction of sp³-hybridized carbons (Fsp3) is 0.0820. The predicted octanol–water partition coefficient (Wildman–Crippen LogP) is 12.0. The Morgan fingerprint density at radius 1 is 0.446 bits per heavy atom. The molecule has 0 bridgehead atoms. The number of rotatable bonds is 6. The Morgan fingerprint density at radius 3 is 1.28 bits per heavy atom. The fourth-order valence-electron chi connectivity index (χ4n) is 11.9. The van der Waals surface area contributed by atoms with E-state index in [1.54, 1.807) is 0 Å². The van der Waals surface area contributed by atoms with Crippen molar-refractivity contribution in [3.63, 3.8) is 0 Å². The van der Waals surface area contributed by atoms with Crippen LogP contribution in [0.2, 0.25) is 0 Å². The van der Waals surface area contributed by atoms with Crippen molar-refractivity contribution < 1.29 is 25.6 Å². The molecule has 0 aliphatic heterocycles. The van der Waals surface area contributed by atoms with Crippen LogP contribution in [0.1, 0.15) is 66.9 Å². The van der Waals surface area contributed by atoms with E-state index in [0.717, 1.165) is 27.9 Å². The number of benzene rings is 8. The first-order valence-corrected chi connectivity index (χ1v) is 22.1. The number of pyridine rings is 1. The minimum absolute atomic E-state index is 0. The molecule has 3 aliphatic carbocycles. The third-order valence-electron chi connectivity index (χ3n) is 14.4. The summed E-state index contributed by atoms with van der Waals surface area (Å²) in [5, 5.41) is 0. The van der Waals surface area contributed by atoms with Crippen molar-refractivity contribution in [3.05, 3.63) is 298 Å². The number of fused-ring (bicyclic) bond motifs is 9. The first-order chi connectivity index (χ1) is 31.5.